The fraction of sp³-hybridized carbons (Fsp3) is 0.391. The number of para-hydroxylation sites is 1. The third-order valence-electron chi connectivity index (χ3n) is 5.17. The molecule has 1 saturated heterocycles. The number of amides is 1. The second-order valence-electron chi connectivity index (χ2n) is 7.54. The Bertz CT molecular complexity index is 967. The number of anilines is 1. The SMILES string of the molecule is O=C(COC(=O)CCc1ccc(S(=O)(=O)N2CCCCCC2)cc1)Nc1ccccc1. The molecule has 0 aliphatic carbocycles. The van der Waals surface area contributed by atoms with Crippen molar-refractivity contribution in [2.75, 3.05) is 25.0 Å². The van der Waals surface area contributed by atoms with E-state index < -0.39 is 21.9 Å². The monoisotopic (exact) mass is 444 g/mol. The Hall–Kier alpha value is -2.71. The molecular formula is C23H28N2O5S. The maximum atomic E-state index is 12.8. The van der Waals surface area contributed by atoms with Crippen molar-refractivity contribution in [3.8, 4) is 0 Å². The summed E-state index contributed by atoms with van der Waals surface area (Å²) in [6.07, 6.45) is 4.43. The van der Waals surface area contributed by atoms with E-state index >= 15 is 0 Å². The molecule has 1 amide bonds. The predicted octanol–water partition coefficient (Wildman–Crippen LogP) is 3.37. The van der Waals surface area contributed by atoms with Crippen molar-refractivity contribution < 1.29 is 22.7 Å². The van der Waals surface area contributed by atoms with Crippen LogP contribution in [0.2, 0.25) is 0 Å². The van der Waals surface area contributed by atoms with Crippen LogP contribution in [0.4, 0.5) is 5.69 Å². The molecule has 0 radical (unpaired) electrons. The molecule has 1 aliphatic rings. The molecule has 2 aromatic carbocycles. The molecule has 31 heavy (non-hydrogen) atoms. The van der Waals surface area contributed by atoms with Gasteiger partial charge in [-0.15, -0.1) is 0 Å². The summed E-state index contributed by atoms with van der Waals surface area (Å²) >= 11 is 0. The standard InChI is InChI=1S/C23H28N2O5S/c26-22(24-20-8-4-3-5-9-20)18-30-23(27)15-12-19-10-13-21(14-11-19)31(28,29)25-16-6-1-2-7-17-25/h3-5,8-11,13-14H,1-2,6-7,12,15-18H2,(H,24,26). The maximum absolute atomic E-state index is 12.8. The van der Waals surface area contributed by atoms with Gasteiger partial charge < -0.3 is 10.1 Å². The van der Waals surface area contributed by atoms with Gasteiger partial charge in [0.2, 0.25) is 10.0 Å². The van der Waals surface area contributed by atoms with E-state index in [4.69, 9.17) is 4.74 Å². The van der Waals surface area contributed by atoms with Gasteiger partial charge in [0.1, 0.15) is 0 Å². The van der Waals surface area contributed by atoms with E-state index in [1.807, 2.05) is 6.07 Å². The number of rotatable bonds is 8. The summed E-state index contributed by atoms with van der Waals surface area (Å²) < 4.78 is 32.2. The number of hydrogen-bond donors (Lipinski definition) is 1. The van der Waals surface area contributed by atoms with Gasteiger partial charge in [0, 0.05) is 25.2 Å². The number of benzene rings is 2. The first-order valence-electron chi connectivity index (χ1n) is 10.5. The summed E-state index contributed by atoms with van der Waals surface area (Å²) in [4.78, 5) is 24.0. The lowest BCUT2D eigenvalue weighted by Crippen LogP contribution is -2.31. The highest BCUT2D eigenvalue weighted by Crippen LogP contribution is 2.21. The van der Waals surface area contributed by atoms with Gasteiger partial charge in [0.15, 0.2) is 6.61 Å². The molecule has 0 atom stereocenters. The normalized spacial score (nSPS) is 15.1. The third-order valence-corrected chi connectivity index (χ3v) is 7.08. The summed E-state index contributed by atoms with van der Waals surface area (Å²) in [5.74, 6) is -0.882. The maximum Gasteiger partial charge on any atom is 0.306 e. The first-order valence-corrected chi connectivity index (χ1v) is 12.0. The number of ether oxygens (including phenoxy) is 1. The molecule has 3 rings (SSSR count). The van der Waals surface area contributed by atoms with Crippen LogP contribution in [0.3, 0.4) is 0 Å². The van der Waals surface area contributed by atoms with Crippen molar-refractivity contribution in [3.63, 3.8) is 0 Å². The number of aryl methyl sites for hydroxylation is 1. The van der Waals surface area contributed by atoms with Gasteiger partial charge in [-0.3, -0.25) is 9.59 Å². The van der Waals surface area contributed by atoms with Crippen LogP contribution in [0.5, 0.6) is 0 Å². The van der Waals surface area contributed by atoms with Crippen LogP contribution in [0, 0.1) is 0 Å². The lowest BCUT2D eigenvalue weighted by molar-refractivity contribution is -0.147. The molecule has 1 fully saturated rings. The van der Waals surface area contributed by atoms with E-state index in [0.717, 1.165) is 31.2 Å². The number of hydrogen-bond acceptors (Lipinski definition) is 5. The summed E-state index contributed by atoms with van der Waals surface area (Å²) in [6, 6.07) is 15.6. The Morgan fingerprint density at radius 3 is 2.19 bits per heavy atom. The average molecular weight is 445 g/mol. The van der Waals surface area contributed by atoms with Crippen LogP contribution in [-0.2, 0) is 30.8 Å². The van der Waals surface area contributed by atoms with E-state index in [1.165, 1.54) is 0 Å². The molecule has 1 aliphatic heterocycles. The van der Waals surface area contributed by atoms with Gasteiger partial charge in [-0.2, -0.15) is 4.31 Å². The van der Waals surface area contributed by atoms with Crippen molar-refractivity contribution in [2.24, 2.45) is 0 Å². The molecule has 1 N–H and O–H groups in total. The quantitative estimate of drug-likeness (QED) is 0.630. The van der Waals surface area contributed by atoms with Crippen LogP contribution in [-0.4, -0.2) is 44.3 Å². The van der Waals surface area contributed by atoms with Crippen LogP contribution in [0.25, 0.3) is 0 Å². The van der Waals surface area contributed by atoms with Gasteiger partial charge >= 0.3 is 5.97 Å². The van der Waals surface area contributed by atoms with E-state index in [2.05, 4.69) is 5.32 Å². The molecule has 1 heterocycles. The topological polar surface area (TPSA) is 92.8 Å². The lowest BCUT2D eigenvalue weighted by Gasteiger charge is -2.20. The second-order valence-corrected chi connectivity index (χ2v) is 9.48. The van der Waals surface area contributed by atoms with Gasteiger partial charge in [-0.05, 0) is 49.1 Å². The minimum absolute atomic E-state index is 0.108. The van der Waals surface area contributed by atoms with Crippen LogP contribution < -0.4 is 5.32 Å². The van der Waals surface area contributed by atoms with Crippen molar-refractivity contribution in [1.29, 1.82) is 0 Å². The molecule has 8 heteroatoms. The fourth-order valence-electron chi connectivity index (χ4n) is 3.44. The largest absolute Gasteiger partial charge is 0.456 e. The molecule has 0 unspecified atom stereocenters. The number of carbonyl (C=O) groups excluding carboxylic acids is 2. The van der Waals surface area contributed by atoms with Crippen LogP contribution >= 0.6 is 0 Å². The zero-order valence-corrected chi connectivity index (χ0v) is 18.3. The minimum atomic E-state index is -3.48. The van der Waals surface area contributed by atoms with Gasteiger partial charge in [-0.25, -0.2) is 8.42 Å². The Kier molecular flexibility index (Phi) is 8.20. The highest BCUT2D eigenvalue weighted by molar-refractivity contribution is 7.89. The number of nitrogens with one attached hydrogen (secondary N) is 1. The Labute approximate surface area is 183 Å². The number of carbonyl (C=O) groups is 2. The number of esters is 1. The van der Waals surface area contributed by atoms with Gasteiger partial charge in [-0.1, -0.05) is 43.2 Å². The Balaban J connectivity index is 1.45. The minimum Gasteiger partial charge on any atom is -0.456 e. The molecule has 0 aromatic heterocycles. The number of sulfonamides is 1. The zero-order chi connectivity index (χ0) is 22.1. The summed E-state index contributed by atoms with van der Waals surface area (Å²) in [5.41, 5.74) is 1.47. The van der Waals surface area contributed by atoms with Crippen LogP contribution in [0.15, 0.2) is 59.5 Å². The fourth-order valence-corrected chi connectivity index (χ4v) is 4.96. The second kappa shape index (κ2) is 11.1. The van der Waals surface area contributed by atoms with Gasteiger partial charge in [0.25, 0.3) is 5.91 Å². The predicted molar refractivity (Wildman–Crippen MR) is 118 cm³/mol. The first-order chi connectivity index (χ1) is 14.9. The molecule has 0 bridgehead atoms. The van der Waals surface area contributed by atoms with Crippen molar-refractivity contribution >= 4 is 27.6 Å². The molecule has 0 spiro atoms. The van der Waals surface area contributed by atoms with E-state index in [9.17, 15) is 18.0 Å². The Morgan fingerprint density at radius 2 is 1.55 bits per heavy atom. The Morgan fingerprint density at radius 1 is 0.903 bits per heavy atom. The first kappa shape index (κ1) is 23.0. The molecular weight excluding hydrogens is 416 g/mol. The third kappa shape index (κ3) is 6.90. The summed E-state index contributed by atoms with van der Waals surface area (Å²) in [5, 5.41) is 2.65. The highest BCUT2D eigenvalue weighted by Gasteiger charge is 2.24. The zero-order valence-electron chi connectivity index (χ0n) is 17.5. The van der Waals surface area contributed by atoms with Crippen molar-refractivity contribution in [2.45, 2.75) is 43.4 Å². The van der Waals surface area contributed by atoms with E-state index in [1.54, 1.807) is 52.8 Å². The molecule has 166 valence electrons. The number of nitrogens with zero attached hydrogens (tertiary/aromatic N) is 1. The smallest absolute Gasteiger partial charge is 0.306 e. The molecule has 2 aromatic rings. The average Bonchev–Trinajstić information content (AvgIpc) is 3.07. The molecule has 0 saturated carbocycles. The summed E-state index contributed by atoms with van der Waals surface area (Å²) in [7, 11) is -3.48. The van der Waals surface area contributed by atoms with Gasteiger partial charge in [0.05, 0.1) is 4.90 Å². The van der Waals surface area contributed by atoms with E-state index in [0.29, 0.717) is 25.2 Å². The van der Waals surface area contributed by atoms with Crippen molar-refractivity contribution in [1.82, 2.24) is 4.31 Å². The lowest BCUT2D eigenvalue weighted by atomic mass is 10.1. The summed E-state index contributed by atoms with van der Waals surface area (Å²) in [6.45, 7) is 0.780. The highest BCUT2D eigenvalue weighted by atomic mass is 32.2. The molecule has 7 nitrogen and oxygen atoms in total. The van der Waals surface area contributed by atoms with E-state index in [-0.39, 0.29) is 17.9 Å². The van der Waals surface area contributed by atoms with Crippen molar-refractivity contribution in [3.05, 3.63) is 60.2 Å². The van der Waals surface area contributed by atoms with Crippen LogP contribution in [0.1, 0.15) is 37.7 Å².